The molecule has 0 heterocycles. The summed E-state index contributed by atoms with van der Waals surface area (Å²) in [7, 11) is 0. The Morgan fingerprint density at radius 3 is 1.25 bits per heavy atom. The molecule has 0 amide bonds. The first kappa shape index (κ1) is 34.3. The zero-order chi connectivity index (χ0) is 39.6. The van der Waals surface area contributed by atoms with Gasteiger partial charge in [0.25, 0.3) is 0 Å². The minimum Gasteiger partial charge on any atom is -0.310 e. The van der Waals surface area contributed by atoms with Crippen LogP contribution in [0, 0.1) is 0 Å². The summed E-state index contributed by atoms with van der Waals surface area (Å²) in [6, 6.07) is 87.9. The molecule has 10 aromatic carbocycles. The van der Waals surface area contributed by atoms with Gasteiger partial charge in [-0.2, -0.15) is 0 Å². The maximum atomic E-state index is 2.52. The molecule has 0 aliphatic heterocycles. The molecule has 10 aromatic rings. The van der Waals surface area contributed by atoms with Crippen molar-refractivity contribution in [2.75, 3.05) is 4.90 Å². The Balaban J connectivity index is 1.25. The predicted molar refractivity (Wildman–Crippen MR) is 251 cm³/mol. The van der Waals surface area contributed by atoms with Crippen LogP contribution in [-0.4, -0.2) is 0 Å². The number of hydrogen-bond acceptors (Lipinski definition) is 1. The van der Waals surface area contributed by atoms with Crippen molar-refractivity contribution in [3.05, 3.63) is 259 Å². The number of fused-ring (bicyclic) bond motifs is 15. The van der Waals surface area contributed by atoms with Gasteiger partial charge in [0.05, 0.1) is 11.1 Å². The summed E-state index contributed by atoms with van der Waals surface area (Å²) in [5.41, 5.74) is 20.1. The molecule has 0 saturated carbocycles. The van der Waals surface area contributed by atoms with Crippen molar-refractivity contribution in [3.8, 4) is 55.6 Å². The fraction of sp³-hybridized carbons (Fsp3) is 0.0169. The Morgan fingerprint density at radius 2 is 0.650 bits per heavy atom. The summed E-state index contributed by atoms with van der Waals surface area (Å²) < 4.78 is 0. The Labute approximate surface area is 351 Å². The van der Waals surface area contributed by atoms with Gasteiger partial charge in [-0.1, -0.05) is 206 Å². The van der Waals surface area contributed by atoms with Crippen molar-refractivity contribution < 1.29 is 0 Å². The van der Waals surface area contributed by atoms with Crippen LogP contribution in [0.15, 0.2) is 237 Å². The maximum absolute atomic E-state index is 2.52. The largest absolute Gasteiger partial charge is 0.310 e. The van der Waals surface area contributed by atoms with E-state index in [-0.39, 0.29) is 0 Å². The first-order chi connectivity index (χ1) is 29.8. The molecule has 0 aromatic heterocycles. The van der Waals surface area contributed by atoms with Gasteiger partial charge in [-0.25, -0.2) is 0 Å². The van der Waals surface area contributed by atoms with Crippen LogP contribution in [0.4, 0.5) is 17.1 Å². The van der Waals surface area contributed by atoms with E-state index in [0.29, 0.717) is 0 Å². The van der Waals surface area contributed by atoms with Crippen LogP contribution in [-0.2, 0) is 5.41 Å². The fourth-order valence-corrected chi connectivity index (χ4v) is 10.4. The Kier molecular flexibility index (Phi) is 7.83. The minimum atomic E-state index is -0.659. The van der Waals surface area contributed by atoms with E-state index in [9.17, 15) is 0 Å². The average Bonchev–Trinajstić information content (AvgIpc) is 3.64. The highest BCUT2D eigenvalue weighted by Crippen LogP contribution is 2.61. The number of para-hydroxylation sites is 1. The molecule has 280 valence electrons. The lowest BCUT2D eigenvalue weighted by Gasteiger charge is -2.38. The molecule has 12 rings (SSSR count). The van der Waals surface area contributed by atoms with E-state index < -0.39 is 5.41 Å². The van der Waals surface area contributed by atoms with Crippen LogP contribution < -0.4 is 4.90 Å². The van der Waals surface area contributed by atoms with Gasteiger partial charge in [-0.3, -0.25) is 0 Å². The monoisotopic (exact) mass is 761 g/mol. The Bertz CT molecular complexity index is 3240. The highest BCUT2D eigenvalue weighted by molar-refractivity contribution is 6.00. The third-order valence-electron chi connectivity index (χ3n) is 12.9. The van der Waals surface area contributed by atoms with Gasteiger partial charge in [-0.05, 0) is 113 Å². The van der Waals surface area contributed by atoms with E-state index in [4.69, 9.17) is 0 Å². The summed E-state index contributed by atoms with van der Waals surface area (Å²) in [4.78, 5) is 2.48. The summed E-state index contributed by atoms with van der Waals surface area (Å²) in [6.45, 7) is 0. The molecule has 0 bridgehead atoms. The second-order valence-electron chi connectivity index (χ2n) is 16.0. The molecule has 1 nitrogen and oxygen atoms in total. The Morgan fingerprint density at radius 1 is 0.250 bits per heavy atom. The van der Waals surface area contributed by atoms with E-state index in [1.54, 1.807) is 0 Å². The van der Waals surface area contributed by atoms with E-state index in [0.717, 1.165) is 17.1 Å². The van der Waals surface area contributed by atoms with Gasteiger partial charge in [0.15, 0.2) is 0 Å². The molecule has 2 aliphatic rings. The smallest absolute Gasteiger partial charge is 0.0726 e. The van der Waals surface area contributed by atoms with Gasteiger partial charge < -0.3 is 4.90 Å². The van der Waals surface area contributed by atoms with Gasteiger partial charge in [0.1, 0.15) is 0 Å². The average molecular weight is 762 g/mol. The molecule has 0 atom stereocenters. The third-order valence-corrected chi connectivity index (χ3v) is 12.9. The van der Waals surface area contributed by atoms with Gasteiger partial charge in [0.2, 0.25) is 0 Å². The third kappa shape index (κ3) is 5.06. The molecule has 0 N–H and O–H groups in total. The summed E-state index contributed by atoms with van der Waals surface area (Å²) in [5, 5.41) is 2.42. The van der Waals surface area contributed by atoms with Crippen molar-refractivity contribution in [2.45, 2.75) is 5.41 Å². The quantitative estimate of drug-likeness (QED) is 0.173. The second-order valence-corrected chi connectivity index (χ2v) is 16.0. The van der Waals surface area contributed by atoms with Crippen LogP contribution in [0.25, 0.3) is 66.4 Å². The van der Waals surface area contributed by atoms with Crippen molar-refractivity contribution in [3.63, 3.8) is 0 Å². The normalized spacial score (nSPS) is 12.8. The Hall–Kier alpha value is -7.74. The molecule has 2 aliphatic carbocycles. The summed E-state index contributed by atoms with van der Waals surface area (Å²) in [6.07, 6.45) is 0. The van der Waals surface area contributed by atoms with Crippen LogP contribution >= 0.6 is 0 Å². The topological polar surface area (TPSA) is 3.24 Å². The SMILES string of the molecule is c1ccc(-c2ccccc2N(c2ccc3c(c2)C2(c4ccccc4-c4ccccc4-c4ccccc4-3)c3ccccc3-c3ccccc32)c2ccc3ccccc3c2)cc1. The standard InChI is InChI=1S/C59H39N/c1-2-19-41(20-3-1)45-22-13-17-33-58(45)60(43-35-34-40-18-4-5-21-42(40)38-43)44-36-37-53-49-26-9-7-24-47(49)46-23-6-8-25-48(46)50-27-10-14-30-54(50)59(57(53)39-44)55-31-15-11-28-51(55)52-29-12-16-32-56(52)59/h1-39H. The van der Waals surface area contributed by atoms with Crippen LogP contribution in [0.3, 0.4) is 0 Å². The molecule has 1 spiro atoms. The molecule has 0 unspecified atom stereocenters. The first-order valence-corrected chi connectivity index (χ1v) is 20.8. The van der Waals surface area contributed by atoms with Gasteiger partial charge in [-0.15, -0.1) is 0 Å². The number of nitrogens with zero attached hydrogens (tertiary/aromatic N) is 1. The first-order valence-electron chi connectivity index (χ1n) is 20.8. The fourth-order valence-electron chi connectivity index (χ4n) is 10.4. The van der Waals surface area contributed by atoms with Crippen LogP contribution in [0.1, 0.15) is 22.3 Å². The highest BCUT2D eigenvalue weighted by atomic mass is 15.1. The van der Waals surface area contributed by atoms with Gasteiger partial charge >= 0.3 is 0 Å². The van der Waals surface area contributed by atoms with Crippen molar-refractivity contribution >= 4 is 27.8 Å². The highest BCUT2D eigenvalue weighted by Gasteiger charge is 2.49. The maximum Gasteiger partial charge on any atom is 0.0726 e. The molecule has 0 saturated heterocycles. The summed E-state index contributed by atoms with van der Waals surface area (Å²) in [5.74, 6) is 0. The molecule has 0 radical (unpaired) electrons. The van der Waals surface area contributed by atoms with Crippen molar-refractivity contribution in [1.29, 1.82) is 0 Å². The lowest BCUT2D eigenvalue weighted by atomic mass is 9.64. The molecular formula is C59H39N. The van der Waals surface area contributed by atoms with E-state index in [1.807, 2.05) is 0 Å². The molecule has 1 heteroatoms. The lowest BCUT2D eigenvalue weighted by molar-refractivity contribution is 0.773. The van der Waals surface area contributed by atoms with E-state index in [1.165, 1.54) is 88.7 Å². The number of benzene rings is 10. The molecular weight excluding hydrogens is 723 g/mol. The van der Waals surface area contributed by atoms with Gasteiger partial charge in [0, 0.05) is 16.9 Å². The molecule has 0 fully saturated rings. The zero-order valence-corrected chi connectivity index (χ0v) is 33.0. The number of anilines is 3. The van der Waals surface area contributed by atoms with Crippen molar-refractivity contribution in [1.82, 2.24) is 0 Å². The van der Waals surface area contributed by atoms with E-state index in [2.05, 4.69) is 241 Å². The summed E-state index contributed by atoms with van der Waals surface area (Å²) >= 11 is 0. The van der Waals surface area contributed by atoms with Crippen LogP contribution in [0.2, 0.25) is 0 Å². The molecule has 60 heavy (non-hydrogen) atoms. The minimum absolute atomic E-state index is 0.659. The van der Waals surface area contributed by atoms with Crippen LogP contribution in [0.5, 0.6) is 0 Å². The number of hydrogen-bond donors (Lipinski definition) is 0. The van der Waals surface area contributed by atoms with Crippen molar-refractivity contribution in [2.24, 2.45) is 0 Å². The van der Waals surface area contributed by atoms with E-state index >= 15 is 0 Å². The second kappa shape index (κ2) is 13.7. The zero-order valence-electron chi connectivity index (χ0n) is 33.0. The number of rotatable bonds is 4. The lowest BCUT2D eigenvalue weighted by Crippen LogP contribution is -2.30. The predicted octanol–water partition coefficient (Wildman–Crippen LogP) is 15.7.